The van der Waals surface area contributed by atoms with E-state index in [1.165, 1.54) is 39.0 Å². The van der Waals surface area contributed by atoms with Crippen molar-refractivity contribution in [3.63, 3.8) is 0 Å². The number of rotatable bonds is 18. The molecule has 428 valence electrons. The highest BCUT2D eigenvalue weighted by atomic mass is 28.4. The van der Waals surface area contributed by atoms with Gasteiger partial charge in [0.15, 0.2) is 46.0 Å². The fourth-order valence-electron chi connectivity index (χ4n) is 12.5. The Morgan fingerprint density at radius 3 is 1.91 bits per heavy atom. The summed E-state index contributed by atoms with van der Waals surface area (Å²) in [5.41, 5.74) is -6.38. The Morgan fingerprint density at radius 1 is 0.797 bits per heavy atom. The highest BCUT2D eigenvalue weighted by Gasteiger charge is 2.79. The molecule has 0 radical (unpaired) electrons. The first-order valence-corrected chi connectivity index (χ1v) is 33.1. The van der Waals surface area contributed by atoms with Gasteiger partial charge >= 0.3 is 23.9 Å². The Kier molecular flexibility index (Phi) is 17.5. The van der Waals surface area contributed by atoms with E-state index in [1.54, 1.807) is 94.4 Å². The molecule has 16 nitrogen and oxygen atoms in total. The second-order valence-corrected chi connectivity index (χ2v) is 33.8. The molecule has 0 spiro atoms. The number of aliphatic hydroxyl groups is 1. The van der Waals surface area contributed by atoms with Crippen LogP contribution in [0.25, 0.3) is 0 Å². The molecule has 11 atom stereocenters. The number of carbonyl (C=O) groups is 7. The summed E-state index contributed by atoms with van der Waals surface area (Å²) < 4.78 is 47.1. The Labute approximate surface area is 467 Å². The van der Waals surface area contributed by atoms with E-state index in [9.17, 15) is 24.3 Å². The van der Waals surface area contributed by atoms with Gasteiger partial charge in [-0.2, -0.15) is 0 Å². The fraction of sp³-hybridized carbons (Fsp3) is 0.557. The monoisotopic (exact) mass is 1120 g/mol. The van der Waals surface area contributed by atoms with Gasteiger partial charge < -0.3 is 43.0 Å². The van der Waals surface area contributed by atoms with Crippen LogP contribution in [0.15, 0.2) is 96.1 Å². The predicted octanol–water partition coefficient (Wildman–Crippen LogP) is 10.00. The van der Waals surface area contributed by atoms with Crippen LogP contribution in [-0.2, 0) is 51.7 Å². The Hall–Kier alpha value is -5.64. The topological polar surface area (TPSA) is 216 Å². The zero-order valence-electron chi connectivity index (χ0n) is 48.6. The van der Waals surface area contributed by atoms with E-state index < -0.39 is 134 Å². The molecule has 1 saturated heterocycles. The molecule has 18 heteroatoms. The van der Waals surface area contributed by atoms with E-state index in [2.05, 4.69) is 5.32 Å². The minimum Gasteiger partial charge on any atom is -0.456 e. The van der Waals surface area contributed by atoms with Crippen LogP contribution in [-0.4, -0.2) is 118 Å². The van der Waals surface area contributed by atoms with Crippen LogP contribution in [0.5, 0.6) is 0 Å². The number of benzene rings is 3. The molecular weight excluding hydrogens is 1040 g/mol. The van der Waals surface area contributed by atoms with Crippen LogP contribution >= 0.6 is 0 Å². The molecule has 3 aliphatic carbocycles. The van der Waals surface area contributed by atoms with Crippen molar-refractivity contribution in [3.8, 4) is 0 Å². The zero-order chi connectivity index (χ0) is 58.4. The number of nitrogens with one attached hydrogen (secondary N) is 1. The van der Waals surface area contributed by atoms with Gasteiger partial charge in [-0.05, 0) is 98.0 Å². The molecule has 4 aliphatic rings. The van der Waals surface area contributed by atoms with Crippen LogP contribution in [0, 0.1) is 16.7 Å². The van der Waals surface area contributed by atoms with Crippen molar-refractivity contribution < 1.29 is 71.2 Å². The molecule has 7 rings (SSSR count). The second kappa shape index (κ2) is 22.7. The lowest BCUT2D eigenvalue weighted by atomic mass is 9.44. The summed E-state index contributed by atoms with van der Waals surface area (Å²) in [6, 6.07) is 24.2. The average Bonchev–Trinajstić information content (AvgIpc) is 2.06. The van der Waals surface area contributed by atoms with Crippen LogP contribution < -0.4 is 5.32 Å². The smallest absolute Gasteiger partial charge is 0.338 e. The summed E-state index contributed by atoms with van der Waals surface area (Å²) in [5, 5.41) is 17.1. The Balaban J connectivity index is 1.51. The molecule has 2 N–H and O–H groups in total. The van der Waals surface area contributed by atoms with Crippen molar-refractivity contribution in [3.05, 3.63) is 118 Å². The number of Topliss-reactive ketones (excluding diaryl/α,β-unsaturated/α-hetero) is 2. The van der Waals surface area contributed by atoms with Gasteiger partial charge in [0.05, 0.1) is 35.6 Å². The standard InChI is InChI=1S/C61H81NO15Si2/c1-16-79(17-2,18-3)76-45-33-46-60(35-71-46,75-39(7)65)51-53(74-55(68)43-31-25-30-42(32-43)37(5)63)61(70)34-44(36(4)47(58(61,11)12)49(72-38(6)64)52(66)59(45,51)13)73-56(69)50(77-78(14,15)57(8,9)10)48(40-26-21-19-22-27-40)62-54(67)41-28-23-20-24-29-41/h19-32,44-46,48-51,53,70H,16-18,33-35H2,1-15H3,(H,62,67)/t44-,45-,46+,48-,49+,50+,51-,53-,59+,60-,61+/m0/s1. The summed E-state index contributed by atoms with van der Waals surface area (Å²) in [4.78, 5) is 102. The molecule has 1 amide bonds. The maximum absolute atomic E-state index is 16.7. The summed E-state index contributed by atoms with van der Waals surface area (Å²) in [6.45, 7) is 26.2. The maximum atomic E-state index is 16.7. The third-order valence-corrected chi connectivity index (χ3v) is 27.6. The first-order valence-electron chi connectivity index (χ1n) is 27.6. The number of hydrogen-bond acceptors (Lipinski definition) is 15. The lowest BCUT2D eigenvalue weighted by Crippen LogP contribution is -2.82. The lowest BCUT2D eigenvalue weighted by molar-refractivity contribution is -0.344. The number of ketones is 2. The third-order valence-electron chi connectivity index (χ3n) is 18.5. The van der Waals surface area contributed by atoms with E-state index in [1.807, 2.05) is 54.6 Å². The van der Waals surface area contributed by atoms with E-state index in [-0.39, 0.29) is 41.1 Å². The number of carbonyl (C=O) groups excluding carboxylic acids is 7. The highest BCUT2D eigenvalue weighted by Crippen LogP contribution is 2.65. The van der Waals surface area contributed by atoms with Crippen molar-refractivity contribution in [2.45, 2.75) is 193 Å². The summed E-state index contributed by atoms with van der Waals surface area (Å²) in [7, 11) is -5.67. The molecule has 3 aromatic carbocycles. The van der Waals surface area contributed by atoms with E-state index >= 15 is 14.4 Å². The summed E-state index contributed by atoms with van der Waals surface area (Å²) in [6.07, 6.45) is -8.98. The molecular formula is C61H81NO15Si2. The molecule has 79 heavy (non-hydrogen) atoms. The maximum Gasteiger partial charge on any atom is 0.338 e. The number of amides is 1. The van der Waals surface area contributed by atoms with Gasteiger partial charge in [0.2, 0.25) is 0 Å². The minimum atomic E-state index is -2.97. The molecule has 1 heterocycles. The summed E-state index contributed by atoms with van der Waals surface area (Å²) >= 11 is 0. The van der Waals surface area contributed by atoms with Gasteiger partial charge in [0.1, 0.15) is 23.9 Å². The van der Waals surface area contributed by atoms with Crippen LogP contribution in [0.3, 0.4) is 0 Å². The van der Waals surface area contributed by atoms with Crippen LogP contribution in [0.2, 0.25) is 36.3 Å². The van der Waals surface area contributed by atoms with E-state index in [0.717, 1.165) is 0 Å². The van der Waals surface area contributed by atoms with Crippen molar-refractivity contribution in [2.75, 3.05) is 6.61 Å². The predicted molar refractivity (Wildman–Crippen MR) is 300 cm³/mol. The average molecular weight is 1120 g/mol. The van der Waals surface area contributed by atoms with Gasteiger partial charge in [-0.15, -0.1) is 0 Å². The van der Waals surface area contributed by atoms with Gasteiger partial charge in [-0.3, -0.25) is 24.0 Å². The highest BCUT2D eigenvalue weighted by molar-refractivity contribution is 6.74. The number of ether oxygens (including phenoxy) is 5. The van der Waals surface area contributed by atoms with Crippen molar-refractivity contribution in [2.24, 2.45) is 16.7 Å². The molecule has 2 saturated carbocycles. The molecule has 0 unspecified atom stereocenters. The Morgan fingerprint density at radius 2 is 1.38 bits per heavy atom. The van der Waals surface area contributed by atoms with Crippen molar-refractivity contribution in [1.29, 1.82) is 0 Å². The quantitative estimate of drug-likeness (QED) is 0.0398. The molecule has 2 bridgehead atoms. The number of hydrogen-bond donors (Lipinski definition) is 2. The first kappa shape index (κ1) is 61.0. The van der Waals surface area contributed by atoms with Gasteiger partial charge in [0, 0.05) is 43.2 Å². The molecule has 3 fully saturated rings. The van der Waals surface area contributed by atoms with Crippen molar-refractivity contribution in [1.82, 2.24) is 5.32 Å². The first-order chi connectivity index (χ1) is 36.9. The molecule has 3 aromatic rings. The third kappa shape index (κ3) is 11.1. The zero-order valence-corrected chi connectivity index (χ0v) is 50.6. The normalized spacial score (nSPS) is 28.2. The lowest BCUT2D eigenvalue weighted by Gasteiger charge is -2.68. The fourth-order valence-corrected chi connectivity index (χ4v) is 16.7. The Bertz CT molecular complexity index is 2850. The number of esters is 4. The van der Waals surface area contributed by atoms with Gasteiger partial charge in [0.25, 0.3) is 5.91 Å². The van der Waals surface area contributed by atoms with Gasteiger partial charge in [-0.25, -0.2) is 9.59 Å². The minimum absolute atomic E-state index is 0.0496. The number of fused-ring (bicyclic) bond motifs is 5. The second-order valence-electron chi connectivity index (χ2n) is 24.3. The largest absolute Gasteiger partial charge is 0.456 e. The van der Waals surface area contributed by atoms with Crippen LogP contribution in [0.1, 0.15) is 146 Å². The van der Waals surface area contributed by atoms with E-state index in [4.69, 9.17) is 32.5 Å². The van der Waals surface area contributed by atoms with Gasteiger partial charge in [-0.1, -0.05) is 116 Å². The molecule has 0 aromatic heterocycles. The summed E-state index contributed by atoms with van der Waals surface area (Å²) in [5.74, 6) is -6.47. The van der Waals surface area contributed by atoms with Crippen LogP contribution in [0.4, 0.5) is 0 Å². The van der Waals surface area contributed by atoms with E-state index in [0.29, 0.717) is 29.3 Å². The SMILES string of the molecule is CC[Si](CC)(CC)O[C@H]1C[C@H]2OC[C@@]2(OC(C)=O)[C@H]2[C@H](OC(=O)c3cccc(C(C)=O)c3)[C@]3(O)C[C@H](OC(=O)[C@H](O[Si](C)(C)C(C)(C)C)[C@@H](NC(=O)c4ccccc4)c4ccccc4)C(C)=C([C@@H](OC(C)=O)C(=O)[C@]12C)C3(C)C. The molecule has 1 aliphatic heterocycles. The van der Waals surface area contributed by atoms with Crippen molar-refractivity contribution >= 4 is 58.0 Å².